The summed E-state index contributed by atoms with van der Waals surface area (Å²) in [6, 6.07) is 0. The van der Waals surface area contributed by atoms with Crippen molar-refractivity contribution in [1.82, 2.24) is 0 Å². The molecule has 0 aliphatic rings. The van der Waals surface area contributed by atoms with Crippen molar-refractivity contribution in [3.05, 3.63) is 48.6 Å². The standard InChI is InChI=1S/C22H36O4/c1-2-3-4-5-6-7-9-12-15-18-21(26-25)19-16-13-10-8-11-14-17-20-22(23)24/h8,10-11,13-14,16-17,20-21,25H,2-7,9,12,15,18-19H2,1H3,(H,23,24). The average molecular weight is 365 g/mol. The Hall–Kier alpha value is -1.65. The Morgan fingerprint density at radius 1 is 0.846 bits per heavy atom. The first-order chi connectivity index (χ1) is 12.7. The van der Waals surface area contributed by atoms with Crippen LogP contribution in [0.15, 0.2) is 48.6 Å². The molecule has 0 aromatic carbocycles. The summed E-state index contributed by atoms with van der Waals surface area (Å²) in [6.45, 7) is 2.24. The third-order valence-electron chi connectivity index (χ3n) is 4.11. The third-order valence-corrected chi connectivity index (χ3v) is 4.11. The van der Waals surface area contributed by atoms with E-state index in [-0.39, 0.29) is 6.10 Å². The minimum Gasteiger partial charge on any atom is -0.478 e. The number of aliphatic carboxylic acids is 1. The quantitative estimate of drug-likeness (QED) is 0.102. The van der Waals surface area contributed by atoms with Crippen molar-refractivity contribution in [1.29, 1.82) is 0 Å². The Morgan fingerprint density at radius 2 is 1.38 bits per heavy atom. The van der Waals surface area contributed by atoms with E-state index < -0.39 is 5.97 Å². The van der Waals surface area contributed by atoms with Gasteiger partial charge in [0, 0.05) is 6.08 Å². The minimum atomic E-state index is -0.958. The van der Waals surface area contributed by atoms with Crippen molar-refractivity contribution < 1.29 is 20.0 Å². The van der Waals surface area contributed by atoms with E-state index in [0.717, 1.165) is 18.9 Å². The molecule has 0 rings (SSSR count). The zero-order valence-electron chi connectivity index (χ0n) is 16.2. The summed E-state index contributed by atoms with van der Waals surface area (Å²) in [4.78, 5) is 14.8. The van der Waals surface area contributed by atoms with E-state index in [9.17, 15) is 4.79 Å². The molecule has 0 aliphatic carbocycles. The van der Waals surface area contributed by atoms with E-state index in [1.165, 1.54) is 57.4 Å². The molecule has 0 aliphatic heterocycles. The summed E-state index contributed by atoms with van der Waals surface area (Å²) >= 11 is 0. The molecule has 148 valence electrons. The van der Waals surface area contributed by atoms with E-state index in [0.29, 0.717) is 6.42 Å². The molecule has 0 spiro atoms. The molecule has 0 bridgehead atoms. The molecule has 0 amide bonds. The van der Waals surface area contributed by atoms with Crippen LogP contribution in [0.1, 0.15) is 77.6 Å². The van der Waals surface area contributed by atoms with Gasteiger partial charge in [0.1, 0.15) is 0 Å². The molecule has 26 heavy (non-hydrogen) atoms. The molecule has 0 saturated carbocycles. The van der Waals surface area contributed by atoms with Gasteiger partial charge in [-0.3, -0.25) is 5.26 Å². The highest BCUT2D eigenvalue weighted by atomic mass is 17.1. The molecule has 0 heterocycles. The molecule has 1 atom stereocenters. The lowest BCUT2D eigenvalue weighted by atomic mass is 10.0. The predicted molar refractivity (Wildman–Crippen MR) is 108 cm³/mol. The lowest BCUT2D eigenvalue weighted by Crippen LogP contribution is -2.09. The number of carbonyl (C=O) groups is 1. The minimum absolute atomic E-state index is 0.141. The van der Waals surface area contributed by atoms with Gasteiger partial charge in [-0.05, 0) is 12.8 Å². The van der Waals surface area contributed by atoms with Crippen LogP contribution in [0.3, 0.4) is 0 Å². The largest absolute Gasteiger partial charge is 0.478 e. The molecule has 0 radical (unpaired) electrons. The first kappa shape index (κ1) is 24.4. The van der Waals surface area contributed by atoms with Crippen LogP contribution in [0.4, 0.5) is 0 Å². The van der Waals surface area contributed by atoms with Crippen molar-refractivity contribution in [3.63, 3.8) is 0 Å². The molecular formula is C22H36O4. The normalized spacial score (nSPS) is 13.6. The zero-order valence-corrected chi connectivity index (χ0v) is 16.2. The Labute approximate surface area is 158 Å². The SMILES string of the molecule is CCCCCCCCCCCC(CC=CC=CC=CC=CC(=O)O)OO. The fourth-order valence-corrected chi connectivity index (χ4v) is 2.60. The molecule has 4 nitrogen and oxygen atoms in total. The summed E-state index contributed by atoms with van der Waals surface area (Å²) in [5.41, 5.74) is 0. The van der Waals surface area contributed by atoms with Gasteiger partial charge in [0.2, 0.25) is 0 Å². The van der Waals surface area contributed by atoms with Gasteiger partial charge >= 0.3 is 5.97 Å². The maximum absolute atomic E-state index is 10.3. The number of carboxylic acids is 1. The van der Waals surface area contributed by atoms with Crippen LogP contribution < -0.4 is 0 Å². The van der Waals surface area contributed by atoms with Crippen LogP contribution in [0.5, 0.6) is 0 Å². The predicted octanol–water partition coefficient (Wildman–Crippen LogP) is 6.47. The van der Waals surface area contributed by atoms with Crippen LogP contribution >= 0.6 is 0 Å². The first-order valence-electron chi connectivity index (χ1n) is 9.90. The third kappa shape index (κ3) is 18.7. The van der Waals surface area contributed by atoms with Crippen molar-refractivity contribution in [3.8, 4) is 0 Å². The van der Waals surface area contributed by atoms with Crippen LogP contribution in [0.2, 0.25) is 0 Å². The van der Waals surface area contributed by atoms with E-state index in [4.69, 9.17) is 10.4 Å². The fraction of sp³-hybridized carbons (Fsp3) is 0.591. The van der Waals surface area contributed by atoms with Gasteiger partial charge in [-0.1, -0.05) is 107 Å². The van der Waals surface area contributed by atoms with Crippen LogP contribution in [0, 0.1) is 0 Å². The van der Waals surface area contributed by atoms with Gasteiger partial charge in [-0.25, -0.2) is 9.68 Å². The maximum atomic E-state index is 10.3. The topological polar surface area (TPSA) is 66.8 Å². The number of unbranched alkanes of at least 4 members (excludes halogenated alkanes) is 8. The van der Waals surface area contributed by atoms with Crippen LogP contribution in [-0.4, -0.2) is 22.4 Å². The highest BCUT2D eigenvalue weighted by molar-refractivity contribution is 5.80. The van der Waals surface area contributed by atoms with Gasteiger partial charge in [0.15, 0.2) is 0 Å². The van der Waals surface area contributed by atoms with E-state index in [2.05, 4.69) is 11.8 Å². The molecular weight excluding hydrogens is 328 g/mol. The molecule has 0 aromatic heterocycles. The van der Waals surface area contributed by atoms with E-state index in [1.54, 1.807) is 12.2 Å². The van der Waals surface area contributed by atoms with Crippen molar-refractivity contribution >= 4 is 5.97 Å². The van der Waals surface area contributed by atoms with Crippen molar-refractivity contribution in [2.24, 2.45) is 0 Å². The lowest BCUT2D eigenvalue weighted by Gasteiger charge is -2.10. The number of rotatable bonds is 17. The second-order valence-electron chi connectivity index (χ2n) is 6.48. The molecule has 2 N–H and O–H groups in total. The molecule has 4 heteroatoms. The van der Waals surface area contributed by atoms with Gasteiger partial charge in [-0.15, -0.1) is 0 Å². The zero-order chi connectivity index (χ0) is 19.3. The van der Waals surface area contributed by atoms with E-state index >= 15 is 0 Å². The molecule has 1 unspecified atom stereocenters. The highest BCUT2D eigenvalue weighted by Crippen LogP contribution is 2.13. The van der Waals surface area contributed by atoms with Gasteiger partial charge in [0.05, 0.1) is 6.10 Å². The number of allylic oxidation sites excluding steroid dienone is 6. The Balaban J connectivity index is 3.68. The average Bonchev–Trinajstić information content (AvgIpc) is 2.63. The lowest BCUT2D eigenvalue weighted by molar-refractivity contribution is -0.279. The number of hydrogen-bond acceptors (Lipinski definition) is 3. The maximum Gasteiger partial charge on any atom is 0.328 e. The summed E-state index contributed by atoms with van der Waals surface area (Å²) < 4.78 is 0. The molecule has 0 fully saturated rings. The van der Waals surface area contributed by atoms with Crippen molar-refractivity contribution in [2.75, 3.05) is 0 Å². The van der Waals surface area contributed by atoms with Crippen LogP contribution in [-0.2, 0) is 9.68 Å². The molecule has 0 aromatic rings. The van der Waals surface area contributed by atoms with Crippen molar-refractivity contribution in [2.45, 2.75) is 83.7 Å². The Kier molecular flexibility index (Phi) is 18.4. The second-order valence-corrected chi connectivity index (χ2v) is 6.48. The Bertz CT molecular complexity index is 435. The number of carboxylic acid groups (broad SMARTS) is 1. The van der Waals surface area contributed by atoms with Gasteiger partial charge in [0.25, 0.3) is 0 Å². The monoisotopic (exact) mass is 364 g/mol. The fourth-order valence-electron chi connectivity index (χ4n) is 2.60. The summed E-state index contributed by atoms with van der Waals surface area (Å²) in [6.07, 6.45) is 26.5. The molecule has 0 saturated heterocycles. The Morgan fingerprint density at radius 3 is 1.96 bits per heavy atom. The second kappa shape index (κ2) is 19.7. The summed E-state index contributed by atoms with van der Waals surface area (Å²) in [5.74, 6) is -0.958. The van der Waals surface area contributed by atoms with Gasteiger partial charge in [-0.2, -0.15) is 0 Å². The van der Waals surface area contributed by atoms with Crippen LogP contribution in [0.25, 0.3) is 0 Å². The highest BCUT2D eigenvalue weighted by Gasteiger charge is 2.06. The summed E-state index contributed by atoms with van der Waals surface area (Å²) in [5, 5.41) is 17.4. The van der Waals surface area contributed by atoms with Gasteiger partial charge < -0.3 is 5.11 Å². The van der Waals surface area contributed by atoms with E-state index in [1.807, 2.05) is 24.3 Å². The smallest absolute Gasteiger partial charge is 0.328 e. The first-order valence-corrected chi connectivity index (χ1v) is 9.90. The summed E-state index contributed by atoms with van der Waals surface area (Å²) in [7, 11) is 0. The number of hydrogen-bond donors (Lipinski definition) is 2.